The number of nitriles is 1. The minimum Gasteiger partial charge on any atom is -0.494 e. The van der Waals surface area contributed by atoms with E-state index in [1.54, 1.807) is 0 Å². The zero-order valence-corrected chi connectivity index (χ0v) is 23.8. The molecule has 0 aliphatic heterocycles. The second-order valence-electron chi connectivity index (χ2n) is 10.9. The molecule has 0 bridgehead atoms. The maximum absolute atomic E-state index is 11.4. The fourth-order valence-electron chi connectivity index (χ4n) is 5.87. The molecule has 2 aliphatic rings. The first-order valence-corrected chi connectivity index (χ1v) is 15.6. The van der Waals surface area contributed by atoms with Crippen molar-refractivity contribution in [2.24, 2.45) is 5.92 Å². The highest BCUT2D eigenvalue weighted by molar-refractivity contribution is 7.90. The third-order valence-electron chi connectivity index (χ3n) is 7.85. The lowest BCUT2D eigenvalue weighted by Crippen LogP contribution is -2.08. The number of nitrogens with zero attached hydrogens (tertiary/aromatic N) is 1. The predicted molar refractivity (Wildman–Crippen MR) is 153 cm³/mol. The number of rotatable bonds is 10. The monoisotopic (exact) mass is 559 g/mol. The summed E-state index contributed by atoms with van der Waals surface area (Å²) in [7, 11) is -3.02. The summed E-state index contributed by atoms with van der Waals surface area (Å²) in [5.74, 6) is 0.575. The molecular formula is C32H33NO6S. The molecule has 7 nitrogen and oxygen atoms in total. The molecule has 0 spiro atoms. The molecule has 0 amide bonds. The third kappa shape index (κ3) is 5.85. The highest BCUT2D eigenvalue weighted by atomic mass is 32.2. The van der Waals surface area contributed by atoms with Crippen molar-refractivity contribution in [3.05, 3.63) is 81.9 Å². The SMILES string of the molecule is Cc1cc(OCCCS(C)(=O)=O)cc(C)c1-c1c(C#N)ccc2c1CC[C@H]2Oc1ccc([C@H]2C[C@@H]2C(=O)O)cc1. The van der Waals surface area contributed by atoms with E-state index in [4.69, 9.17) is 9.47 Å². The van der Waals surface area contributed by atoms with Gasteiger partial charge in [0.05, 0.1) is 29.9 Å². The highest BCUT2D eigenvalue weighted by Gasteiger charge is 2.44. The zero-order chi connectivity index (χ0) is 28.6. The van der Waals surface area contributed by atoms with Crippen LogP contribution in [0.3, 0.4) is 0 Å². The number of hydrogen-bond donors (Lipinski definition) is 1. The average Bonchev–Trinajstić information content (AvgIpc) is 3.61. The lowest BCUT2D eigenvalue weighted by atomic mass is 9.87. The van der Waals surface area contributed by atoms with Crippen LogP contribution in [0.4, 0.5) is 0 Å². The molecule has 40 heavy (non-hydrogen) atoms. The topological polar surface area (TPSA) is 114 Å². The maximum atomic E-state index is 11.4. The van der Waals surface area contributed by atoms with E-state index in [-0.39, 0.29) is 23.7 Å². The number of carboxylic acids is 1. The number of hydrogen-bond acceptors (Lipinski definition) is 6. The number of fused-ring (bicyclic) bond motifs is 1. The summed E-state index contributed by atoms with van der Waals surface area (Å²) >= 11 is 0. The Bertz CT molecular complexity index is 1580. The standard InChI is InChI=1S/C32H33NO6S/c1-19-15-24(38-13-4-14-40(3,36)37)16-20(2)30(19)31-22(18-33)7-10-25-26(31)11-12-29(25)39-23-8-5-21(6-9-23)27-17-28(27)32(34)35/h5-10,15-16,27-29H,4,11-14,17H2,1-3H3,(H,34,35)/t27-,28+,29-/m1/s1. The Morgan fingerprint density at radius 2 is 1.75 bits per heavy atom. The van der Waals surface area contributed by atoms with Crippen molar-refractivity contribution in [3.8, 4) is 28.7 Å². The van der Waals surface area contributed by atoms with Crippen molar-refractivity contribution in [1.29, 1.82) is 5.26 Å². The van der Waals surface area contributed by atoms with Gasteiger partial charge in [0.25, 0.3) is 0 Å². The molecule has 3 aromatic carbocycles. The van der Waals surface area contributed by atoms with Crippen LogP contribution < -0.4 is 9.47 Å². The van der Waals surface area contributed by atoms with E-state index < -0.39 is 15.8 Å². The van der Waals surface area contributed by atoms with Gasteiger partial charge in [0.15, 0.2) is 0 Å². The number of aliphatic carboxylic acids is 1. The predicted octanol–water partition coefficient (Wildman–Crippen LogP) is 5.91. The first kappa shape index (κ1) is 27.7. The molecule has 208 valence electrons. The summed E-state index contributed by atoms with van der Waals surface area (Å²) in [5.41, 5.74) is 7.77. The summed E-state index contributed by atoms with van der Waals surface area (Å²) in [6, 6.07) is 17.9. The van der Waals surface area contributed by atoms with Gasteiger partial charge in [0.2, 0.25) is 0 Å². The van der Waals surface area contributed by atoms with Crippen molar-refractivity contribution in [2.75, 3.05) is 18.6 Å². The summed E-state index contributed by atoms with van der Waals surface area (Å²) in [4.78, 5) is 11.2. The van der Waals surface area contributed by atoms with Crippen LogP contribution in [-0.2, 0) is 21.1 Å². The third-order valence-corrected chi connectivity index (χ3v) is 8.88. The van der Waals surface area contributed by atoms with Crippen molar-refractivity contribution < 1.29 is 27.8 Å². The van der Waals surface area contributed by atoms with E-state index in [1.807, 2.05) is 62.4 Å². The molecule has 8 heteroatoms. The normalized spacial score (nSPS) is 19.5. The minimum atomic E-state index is -3.02. The number of sulfone groups is 1. The molecule has 3 aromatic rings. The van der Waals surface area contributed by atoms with E-state index in [0.29, 0.717) is 30.8 Å². The van der Waals surface area contributed by atoms with Crippen LogP contribution in [0.1, 0.15) is 64.7 Å². The summed E-state index contributed by atoms with van der Waals surface area (Å²) in [6.45, 7) is 4.33. The summed E-state index contributed by atoms with van der Waals surface area (Å²) in [5, 5.41) is 19.2. The molecule has 3 atom stereocenters. The molecular weight excluding hydrogens is 526 g/mol. The van der Waals surface area contributed by atoms with Gasteiger partial charge in [0.1, 0.15) is 27.4 Å². The molecule has 1 fully saturated rings. The number of ether oxygens (including phenoxy) is 2. The van der Waals surface area contributed by atoms with Crippen LogP contribution >= 0.6 is 0 Å². The van der Waals surface area contributed by atoms with Crippen molar-refractivity contribution in [3.63, 3.8) is 0 Å². The van der Waals surface area contributed by atoms with Gasteiger partial charge in [-0.05, 0) is 109 Å². The van der Waals surface area contributed by atoms with Crippen molar-refractivity contribution in [2.45, 2.75) is 51.6 Å². The molecule has 1 N–H and O–H groups in total. The van der Waals surface area contributed by atoms with E-state index >= 15 is 0 Å². The highest BCUT2D eigenvalue weighted by Crippen LogP contribution is 2.48. The second-order valence-corrected chi connectivity index (χ2v) is 13.2. The lowest BCUT2D eigenvalue weighted by Gasteiger charge is -2.19. The summed E-state index contributed by atoms with van der Waals surface area (Å²) in [6.07, 6.45) is 3.77. The van der Waals surface area contributed by atoms with Gasteiger partial charge in [-0.3, -0.25) is 4.79 Å². The quantitative estimate of drug-likeness (QED) is 0.307. The van der Waals surface area contributed by atoms with Crippen LogP contribution in [0.2, 0.25) is 0 Å². The Labute approximate surface area is 235 Å². The van der Waals surface area contributed by atoms with Gasteiger partial charge >= 0.3 is 5.97 Å². The Balaban J connectivity index is 1.37. The molecule has 2 aliphatic carbocycles. The van der Waals surface area contributed by atoms with Crippen molar-refractivity contribution >= 4 is 15.8 Å². The Morgan fingerprint density at radius 3 is 2.35 bits per heavy atom. The minimum absolute atomic E-state index is 0.0847. The molecule has 0 aromatic heterocycles. The van der Waals surface area contributed by atoms with Gasteiger partial charge in [-0.2, -0.15) is 5.26 Å². The van der Waals surface area contributed by atoms with Crippen molar-refractivity contribution in [1.82, 2.24) is 0 Å². The van der Waals surface area contributed by atoms with Crippen LogP contribution in [0.25, 0.3) is 11.1 Å². The van der Waals surface area contributed by atoms with Crippen LogP contribution in [0, 0.1) is 31.1 Å². The molecule has 1 saturated carbocycles. The lowest BCUT2D eigenvalue weighted by molar-refractivity contribution is -0.138. The van der Waals surface area contributed by atoms with Crippen LogP contribution in [0.15, 0.2) is 48.5 Å². The molecule has 0 heterocycles. The smallest absolute Gasteiger partial charge is 0.307 e. The fraction of sp³-hybridized carbons (Fsp3) is 0.375. The van der Waals surface area contributed by atoms with E-state index in [0.717, 1.165) is 57.5 Å². The maximum Gasteiger partial charge on any atom is 0.307 e. The van der Waals surface area contributed by atoms with Gasteiger partial charge in [-0.25, -0.2) is 8.42 Å². The molecule has 0 saturated heterocycles. The number of benzene rings is 3. The van der Waals surface area contributed by atoms with Gasteiger partial charge in [-0.15, -0.1) is 0 Å². The van der Waals surface area contributed by atoms with E-state index in [2.05, 4.69) is 6.07 Å². The summed E-state index contributed by atoms with van der Waals surface area (Å²) < 4.78 is 35.0. The first-order valence-electron chi connectivity index (χ1n) is 13.5. The fourth-order valence-corrected chi connectivity index (χ4v) is 6.52. The largest absolute Gasteiger partial charge is 0.494 e. The van der Waals surface area contributed by atoms with Gasteiger partial charge in [-0.1, -0.05) is 18.2 Å². The molecule has 0 unspecified atom stereocenters. The Morgan fingerprint density at radius 1 is 1.05 bits per heavy atom. The van der Waals surface area contributed by atoms with Crippen LogP contribution in [0.5, 0.6) is 11.5 Å². The van der Waals surface area contributed by atoms with Crippen LogP contribution in [-0.4, -0.2) is 38.1 Å². The van der Waals surface area contributed by atoms with Gasteiger partial charge < -0.3 is 14.6 Å². The molecule has 5 rings (SSSR count). The van der Waals surface area contributed by atoms with E-state index in [1.165, 1.54) is 6.26 Å². The Hall–Kier alpha value is -3.83. The van der Waals surface area contributed by atoms with E-state index in [9.17, 15) is 23.6 Å². The number of carboxylic acid groups (broad SMARTS) is 1. The first-order chi connectivity index (χ1) is 19.1. The average molecular weight is 560 g/mol. The second kappa shape index (κ2) is 11.0. The number of aryl methyl sites for hydroxylation is 2. The zero-order valence-electron chi connectivity index (χ0n) is 22.9. The van der Waals surface area contributed by atoms with Gasteiger partial charge in [0, 0.05) is 11.8 Å². The number of carbonyl (C=O) groups is 1. The Kier molecular flexibility index (Phi) is 7.61. The molecule has 0 radical (unpaired) electrons.